The molecule has 1 unspecified atom stereocenters. The van der Waals surface area contributed by atoms with Gasteiger partial charge >= 0.3 is 0 Å². The highest BCUT2D eigenvalue weighted by Gasteiger charge is 2.50. The number of benzene rings is 1. The molecule has 1 spiro atoms. The van der Waals surface area contributed by atoms with Gasteiger partial charge in [0, 0.05) is 63.4 Å². The van der Waals surface area contributed by atoms with Crippen molar-refractivity contribution in [3.8, 4) is 11.6 Å². The predicted octanol–water partition coefficient (Wildman–Crippen LogP) is 4.61. The molecule has 2 aliphatic rings. The summed E-state index contributed by atoms with van der Waals surface area (Å²) >= 11 is 0. The van der Waals surface area contributed by atoms with E-state index < -0.39 is 5.82 Å². The lowest BCUT2D eigenvalue weighted by atomic mass is 9.76. The van der Waals surface area contributed by atoms with Crippen LogP contribution in [0.5, 0.6) is 11.6 Å². The average molecular weight is 600 g/mol. The molecule has 2 saturated heterocycles. The third-order valence-corrected chi connectivity index (χ3v) is 8.81. The summed E-state index contributed by atoms with van der Waals surface area (Å²) in [6.07, 6.45) is 4.79. The summed E-state index contributed by atoms with van der Waals surface area (Å²) in [5.41, 5.74) is 0.360. The van der Waals surface area contributed by atoms with E-state index in [2.05, 4.69) is 51.1 Å². The molecule has 2 fully saturated rings. The minimum atomic E-state index is -0.499. The number of hydrogen-bond acceptors (Lipinski definition) is 9. The van der Waals surface area contributed by atoms with Gasteiger partial charge in [-0.1, -0.05) is 13.8 Å². The number of carbonyl (C=O) groups excluding carboxylic acids is 1. The quantitative estimate of drug-likeness (QED) is 0.294. The number of methoxy groups -OCH3 is 1. The Hall–Kier alpha value is -2.89. The number of nitrogens with one attached hydrogen (secondary N) is 1. The molecule has 1 aromatic carbocycles. The van der Waals surface area contributed by atoms with Crippen molar-refractivity contribution in [3.05, 3.63) is 35.9 Å². The Morgan fingerprint density at radius 3 is 2.63 bits per heavy atom. The van der Waals surface area contributed by atoms with Crippen LogP contribution in [0, 0.1) is 17.2 Å². The fraction of sp³-hybridized carbons (Fsp3) is 0.688. The maximum absolute atomic E-state index is 14.3. The summed E-state index contributed by atoms with van der Waals surface area (Å²) in [7, 11) is 1.74. The number of rotatable bonds is 15. The van der Waals surface area contributed by atoms with Crippen LogP contribution in [0.1, 0.15) is 71.2 Å². The first-order chi connectivity index (χ1) is 20.6. The highest BCUT2D eigenvalue weighted by atomic mass is 19.1. The van der Waals surface area contributed by atoms with E-state index in [0.717, 1.165) is 52.2 Å². The molecule has 1 amide bonds. The van der Waals surface area contributed by atoms with Gasteiger partial charge in [-0.05, 0) is 77.6 Å². The van der Waals surface area contributed by atoms with Gasteiger partial charge < -0.3 is 24.6 Å². The molecule has 0 aliphatic carbocycles. The lowest BCUT2D eigenvalue weighted by Gasteiger charge is -2.53. The van der Waals surface area contributed by atoms with Crippen LogP contribution in [0.25, 0.3) is 0 Å². The first-order valence-corrected chi connectivity index (χ1v) is 15.7. The van der Waals surface area contributed by atoms with E-state index in [1.54, 1.807) is 12.0 Å². The molecule has 4 rings (SSSR count). The molecular formula is C32H50FN7O3. The second-order valence-electron chi connectivity index (χ2n) is 12.9. The van der Waals surface area contributed by atoms with Crippen LogP contribution in [-0.4, -0.2) is 102 Å². The summed E-state index contributed by atoms with van der Waals surface area (Å²) in [5.74, 6) is 0.855. The SMILES string of the molecule is CCN(C(=O)c1cc(F)ccc1Oc1nncnc1N1CCC2(C1)CN(C(CCCN[C@H](C)COC)C(C)C)C2)C(C)C. The van der Waals surface area contributed by atoms with Crippen LogP contribution < -0.4 is 15.0 Å². The summed E-state index contributed by atoms with van der Waals surface area (Å²) in [6.45, 7) is 18.6. The van der Waals surface area contributed by atoms with Crippen molar-refractivity contribution in [2.45, 2.75) is 78.9 Å². The molecule has 2 aliphatic heterocycles. The second-order valence-corrected chi connectivity index (χ2v) is 12.9. The number of amides is 1. The number of likely N-dealkylation sites (tertiary alicyclic amines) is 1. The molecular weight excluding hydrogens is 549 g/mol. The zero-order valence-electron chi connectivity index (χ0n) is 27.0. The van der Waals surface area contributed by atoms with E-state index >= 15 is 0 Å². The van der Waals surface area contributed by atoms with Crippen molar-refractivity contribution in [2.24, 2.45) is 11.3 Å². The summed E-state index contributed by atoms with van der Waals surface area (Å²) in [6, 6.07) is 4.87. The van der Waals surface area contributed by atoms with Crippen LogP contribution in [0.15, 0.2) is 24.5 Å². The molecule has 11 heteroatoms. The Morgan fingerprint density at radius 1 is 1.19 bits per heavy atom. The van der Waals surface area contributed by atoms with E-state index in [4.69, 9.17) is 9.47 Å². The monoisotopic (exact) mass is 599 g/mol. The number of hydrogen-bond donors (Lipinski definition) is 1. The molecule has 1 N–H and O–H groups in total. The second kappa shape index (κ2) is 14.7. The fourth-order valence-electron chi connectivity index (χ4n) is 6.63. The van der Waals surface area contributed by atoms with Crippen LogP contribution in [0.2, 0.25) is 0 Å². The normalized spacial score (nSPS) is 17.9. The molecule has 0 radical (unpaired) electrons. The zero-order valence-corrected chi connectivity index (χ0v) is 27.0. The number of halogens is 1. The van der Waals surface area contributed by atoms with Crippen LogP contribution >= 0.6 is 0 Å². The molecule has 0 bridgehead atoms. The number of nitrogens with zero attached hydrogens (tertiary/aromatic N) is 6. The first kappa shape index (κ1) is 33.0. The summed E-state index contributed by atoms with van der Waals surface area (Å²) in [5, 5.41) is 11.8. The van der Waals surface area contributed by atoms with Gasteiger partial charge in [-0.25, -0.2) is 9.37 Å². The third kappa shape index (κ3) is 7.99. The van der Waals surface area contributed by atoms with E-state index in [1.165, 1.54) is 30.9 Å². The Kier molecular flexibility index (Phi) is 11.3. The molecule has 43 heavy (non-hydrogen) atoms. The average Bonchev–Trinajstić information content (AvgIpc) is 3.39. The van der Waals surface area contributed by atoms with Gasteiger partial charge in [-0.2, -0.15) is 0 Å². The predicted molar refractivity (Wildman–Crippen MR) is 166 cm³/mol. The first-order valence-electron chi connectivity index (χ1n) is 15.7. The zero-order chi connectivity index (χ0) is 31.1. The van der Waals surface area contributed by atoms with Crippen molar-refractivity contribution < 1.29 is 18.7 Å². The standard InChI is InChI=1S/C32H50FN7O3/c1-8-40(23(4)5)31(41)26-16-25(33)11-12-28(26)43-30-29(35-21-36-37-30)38-15-13-32(18-38)19-39(20-32)27(22(2)3)10-9-14-34-24(6)17-42-7/h11-12,16,21-24,27,34H,8-10,13-15,17-20H2,1-7H3/t24-,27?/m1/s1. The van der Waals surface area contributed by atoms with Crippen molar-refractivity contribution >= 4 is 11.7 Å². The van der Waals surface area contributed by atoms with E-state index in [0.29, 0.717) is 30.4 Å². The minimum Gasteiger partial charge on any atom is -0.434 e. The highest BCUT2D eigenvalue weighted by Crippen LogP contribution is 2.44. The Morgan fingerprint density at radius 2 is 1.95 bits per heavy atom. The molecule has 10 nitrogen and oxygen atoms in total. The Balaban J connectivity index is 1.41. The van der Waals surface area contributed by atoms with Gasteiger partial charge in [0.05, 0.1) is 12.2 Å². The van der Waals surface area contributed by atoms with Crippen molar-refractivity contribution in [1.82, 2.24) is 30.3 Å². The smallest absolute Gasteiger partial charge is 0.282 e. The van der Waals surface area contributed by atoms with Gasteiger partial charge in [0.25, 0.3) is 11.8 Å². The highest BCUT2D eigenvalue weighted by molar-refractivity contribution is 5.97. The van der Waals surface area contributed by atoms with E-state index in [1.807, 2.05) is 20.8 Å². The summed E-state index contributed by atoms with van der Waals surface area (Å²) < 4.78 is 25.7. The van der Waals surface area contributed by atoms with Crippen molar-refractivity contribution in [1.29, 1.82) is 0 Å². The van der Waals surface area contributed by atoms with Crippen molar-refractivity contribution in [3.63, 3.8) is 0 Å². The summed E-state index contributed by atoms with van der Waals surface area (Å²) in [4.78, 5) is 24.4. The number of aromatic nitrogens is 3. The molecule has 3 heterocycles. The topological polar surface area (TPSA) is 96.0 Å². The largest absolute Gasteiger partial charge is 0.434 e. The van der Waals surface area contributed by atoms with Crippen LogP contribution in [-0.2, 0) is 4.74 Å². The lowest BCUT2D eigenvalue weighted by molar-refractivity contribution is -0.0339. The van der Waals surface area contributed by atoms with E-state index in [-0.39, 0.29) is 34.6 Å². The van der Waals surface area contributed by atoms with Crippen molar-refractivity contribution in [2.75, 3.05) is 57.9 Å². The molecule has 238 valence electrons. The van der Waals surface area contributed by atoms with Gasteiger partial charge in [-0.15, -0.1) is 10.2 Å². The van der Waals surface area contributed by atoms with Gasteiger partial charge in [0.1, 0.15) is 17.9 Å². The fourth-order valence-corrected chi connectivity index (χ4v) is 6.63. The number of ether oxygens (including phenoxy) is 2. The lowest BCUT2D eigenvalue weighted by Crippen LogP contribution is -2.62. The van der Waals surface area contributed by atoms with Gasteiger partial charge in [0.2, 0.25) is 0 Å². The molecule has 1 aromatic heterocycles. The Bertz CT molecular complexity index is 1210. The molecule has 2 aromatic rings. The van der Waals surface area contributed by atoms with Crippen LogP contribution in [0.3, 0.4) is 0 Å². The van der Waals surface area contributed by atoms with Crippen LogP contribution in [0.4, 0.5) is 10.2 Å². The molecule has 0 saturated carbocycles. The van der Waals surface area contributed by atoms with Gasteiger partial charge in [0.15, 0.2) is 5.82 Å². The number of anilines is 1. The minimum absolute atomic E-state index is 0.0400. The third-order valence-electron chi connectivity index (χ3n) is 8.81. The van der Waals surface area contributed by atoms with Gasteiger partial charge in [-0.3, -0.25) is 9.69 Å². The maximum atomic E-state index is 14.3. The maximum Gasteiger partial charge on any atom is 0.282 e. The molecule has 2 atom stereocenters. The Labute approximate surface area is 256 Å². The number of carbonyl (C=O) groups is 1. The van der Waals surface area contributed by atoms with E-state index in [9.17, 15) is 9.18 Å².